The number of piperazine rings is 1. The van der Waals surface area contributed by atoms with Crippen LogP contribution in [0.2, 0.25) is 0 Å². The number of hydrogen-bond acceptors (Lipinski definition) is 8. The van der Waals surface area contributed by atoms with Crippen LogP contribution in [0.5, 0.6) is 0 Å². The maximum Gasteiger partial charge on any atom is 0.233 e. The maximum absolute atomic E-state index is 12.2. The molecular formula is C16H22N6OS2. The van der Waals surface area contributed by atoms with Gasteiger partial charge < -0.3 is 15.1 Å². The third-order valence-corrected chi connectivity index (χ3v) is 6.00. The fraction of sp³-hybridized carbons (Fsp3) is 0.500. The highest BCUT2D eigenvalue weighted by molar-refractivity contribution is 8.02. The van der Waals surface area contributed by atoms with Crippen molar-refractivity contribution in [3.05, 3.63) is 29.4 Å². The number of carbonyl (C=O) groups is 1. The number of aromatic nitrogens is 3. The zero-order valence-corrected chi connectivity index (χ0v) is 16.0. The van der Waals surface area contributed by atoms with Gasteiger partial charge in [0.2, 0.25) is 5.91 Å². The Balaban J connectivity index is 1.47. The predicted octanol–water partition coefficient (Wildman–Crippen LogP) is 1.48. The molecule has 0 bridgehead atoms. The van der Waals surface area contributed by atoms with E-state index >= 15 is 0 Å². The number of thioether (sulfide) groups is 1. The van der Waals surface area contributed by atoms with E-state index in [0.717, 1.165) is 41.9 Å². The summed E-state index contributed by atoms with van der Waals surface area (Å²) in [7, 11) is 2.14. The SMILES string of the molecule is C[C@H](Sc1nncs1)C(=O)NCc1ccc(N2CCN(C)CC2)nc1. The minimum absolute atomic E-state index is 0.0108. The van der Waals surface area contributed by atoms with E-state index in [1.54, 1.807) is 5.51 Å². The number of nitrogens with one attached hydrogen (secondary N) is 1. The summed E-state index contributed by atoms with van der Waals surface area (Å²) in [6, 6.07) is 4.07. The van der Waals surface area contributed by atoms with E-state index in [4.69, 9.17) is 0 Å². The maximum atomic E-state index is 12.2. The van der Waals surface area contributed by atoms with E-state index < -0.39 is 0 Å². The molecule has 2 aromatic rings. The normalized spacial score (nSPS) is 16.6. The molecule has 134 valence electrons. The number of amides is 1. The summed E-state index contributed by atoms with van der Waals surface area (Å²) < 4.78 is 0.806. The lowest BCUT2D eigenvalue weighted by molar-refractivity contribution is -0.120. The molecule has 2 aromatic heterocycles. The average molecular weight is 379 g/mol. The van der Waals surface area contributed by atoms with Gasteiger partial charge >= 0.3 is 0 Å². The summed E-state index contributed by atoms with van der Waals surface area (Å²) in [5, 5.41) is 10.5. The Bertz CT molecular complexity index is 670. The van der Waals surface area contributed by atoms with Gasteiger partial charge in [0.05, 0.1) is 5.25 Å². The Labute approximate surface area is 155 Å². The molecule has 0 aromatic carbocycles. The van der Waals surface area contributed by atoms with Gasteiger partial charge in [-0.15, -0.1) is 10.2 Å². The van der Waals surface area contributed by atoms with Crippen molar-refractivity contribution < 1.29 is 4.79 Å². The monoisotopic (exact) mass is 378 g/mol. The molecule has 1 amide bonds. The predicted molar refractivity (Wildman–Crippen MR) is 101 cm³/mol. The van der Waals surface area contributed by atoms with Crippen LogP contribution < -0.4 is 10.2 Å². The number of hydrogen-bond donors (Lipinski definition) is 1. The molecule has 1 atom stereocenters. The molecule has 0 unspecified atom stereocenters. The molecule has 25 heavy (non-hydrogen) atoms. The molecule has 1 fully saturated rings. The van der Waals surface area contributed by atoms with Gasteiger partial charge in [-0.05, 0) is 25.6 Å². The number of pyridine rings is 1. The summed E-state index contributed by atoms with van der Waals surface area (Å²) in [4.78, 5) is 21.3. The minimum atomic E-state index is -0.203. The summed E-state index contributed by atoms with van der Waals surface area (Å²) in [6.07, 6.45) is 1.84. The fourth-order valence-corrected chi connectivity index (χ4v) is 4.15. The van der Waals surface area contributed by atoms with E-state index in [0.29, 0.717) is 6.54 Å². The van der Waals surface area contributed by atoms with Crippen molar-refractivity contribution in [2.75, 3.05) is 38.1 Å². The van der Waals surface area contributed by atoms with Crippen molar-refractivity contribution in [1.29, 1.82) is 0 Å². The van der Waals surface area contributed by atoms with E-state index in [1.807, 2.05) is 25.3 Å². The molecule has 1 saturated heterocycles. The van der Waals surface area contributed by atoms with Crippen LogP contribution in [0, 0.1) is 0 Å². The first-order valence-corrected chi connectivity index (χ1v) is 9.96. The average Bonchev–Trinajstić information content (AvgIpc) is 3.14. The van der Waals surface area contributed by atoms with Crippen LogP contribution >= 0.6 is 23.1 Å². The highest BCUT2D eigenvalue weighted by Crippen LogP contribution is 2.24. The third-order valence-electron chi connectivity index (χ3n) is 4.09. The molecule has 7 nitrogen and oxygen atoms in total. The van der Waals surface area contributed by atoms with Crippen LogP contribution in [0.4, 0.5) is 5.82 Å². The number of likely N-dealkylation sites (N-methyl/N-ethyl adjacent to an activating group) is 1. The molecule has 0 spiro atoms. The zero-order valence-electron chi connectivity index (χ0n) is 14.4. The standard InChI is InChI=1S/C16H22N6OS2/c1-12(25-16-20-19-11-24-16)15(23)18-10-13-3-4-14(17-9-13)22-7-5-21(2)6-8-22/h3-4,9,11-12H,5-8,10H2,1-2H3,(H,18,23)/t12-/m0/s1. The van der Waals surface area contributed by atoms with E-state index in [1.165, 1.54) is 23.1 Å². The highest BCUT2D eigenvalue weighted by Gasteiger charge is 2.17. The second-order valence-corrected chi connectivity index (χ2v) is 8.42. The minimum Gasteiger partial charge on any atom is -0.354 e. The summed E-state index contributed by atoms with van der Waals surface area (Å²) in [5.74, 6) is 0.992. The van der Waals surface area contributed by atoms with Crippen LogP contribution in [-0.2, 0) is 11.3 Å². The van der Waals surface area contributed by atoms with Crippen LogP contribution in [-0.4, -0.2) is 64.5 Å². The number of nitrogens with zero attached hydrogens (tertiary/aromatic N) is 5. The Morgan fingerprint density at radius 1 is 1.36 bits per heavy atom. The lowest BCUT2D eigenvalue weighted by atomic mass is 10.2. The van der Waals surface area contributed by atoms with Gasteiger partial charge in [-0.25, -0.2) is 4.98 Å². The van der Waals surface area contributed by atoms with Gasteiger partial charge in [0.15, 0.2) is 4.34 Å². The second-order valence-electron chi connectivity index (χ2n) is 6.00. The van der Waals surface area contributed by atoms with E-state index in [-0.39, 0.29) is 11.2 Å². The van der Waals surface area contributed by atoms with Crippen molar-refractivity contribution in [1.82, 2.24) is 25.4 Å². The third kappa shape index (κ3) is 5.13. The van der Waals surface area contributed by atoms with Gasteiger partial charge in [-0.1, -0.05) is 29.2 Å². The lowest BCUT2D eigenvalue weighted by Crippen LogP contribution is -2.44. The smallest absolute Gasteiger partial charge is 0.233 e. The summed E-state index contributed by atoms with van der Waals surface area (Å²) in [6.45, 7) is 6.47. The topological polar surface area (TPSA) is 74.2 Å². The van der Waals surface area contributed by atoms with Crippen molar-refractivity contribution in [2.45, 2.75) is 23.1 Å². The van der Waals surface area contributed by atoms with Crippen molar-refractivity contribution >= 4 is 34.8 Å². The molecule has 9 heteroatoms. The summed E-state index contributed by atoms with van der Waals surface area (Å²) in [5.41, 5.74) is 2.67. The first kappa shape index (κ1) is 18.1. The molecule has 1 aliphatic rings. The van der Waals surface area contributed by atoms with Crippen molar-refractivity contribution in [3.8, 4) is 0 Å². The van der Waals surface area contributed by atoms with Gasteiger partial charge in [-0.2, -0.15) is 0 Å². The lowest BCUT2D eigenvalue weighted by Gasteiger charge is -2.33. The van der Waals surface area contributed by atoms with Gasteiger partial charge in [0, 0.05) is 38.9 Å². The van der Waals surface area contributed by atoms with Crippen LogP contribution in [0.3, 0.4) is 0 Å². The molecule has 1 N–H and O–H groups in total. The fourth-order valence-electron chi connectivity index (χ4n) is 2.50. The van der Waals surface area contributed by atoms with Gasteiger partial charge in [-0.3, -0.25) is 4.79 Å². The molecule has 3 rings (SSSR count). The molecule has 1 aliphatic heterocycles. The quantitative estimate of drug-likeness (QED) is 0.763. The Kier molecular flexibility index (Phi) is 6.22. The Morgan fingerprint density at radius 2 is 2.16 bits per heavy atom. The Hall–Kier alpha value is -1.71. The molecule has 0 radical (unpaired) electrons. The second kappa shape index (κ2) is 8.59. The molecular weight excluding hydrogens is 356 g/mol. The van der Waals surface area contributed by atoms with E-state index in [9.17, 15) is 4.79 Å². The number of carbonyl (C=O) groups excluding carboxylic acids is 1. The van der Waals surface area contributed by atoms with Crippen LogP contribution in [0.25, 0.3) is 0 Å². The molecule has 0 saturated carbocycles. The zero-order chi connectivity index (χ0) is 17.6. The largest absolute Gasteiger partial charge is 0.354 e. The molecule has 3 heterocycles. The highest BCUT2D eigenvalue weighted by atomic mass is 32.2. The van der Waals surface area contributed by atoms with Crippen LogP contribution in [0.15, 0.2) is 28.2 Å². The van der Waals surface area contributed by atoms with Crippen molar-refractivity contribution in [2.24, 2.45) is 0 Å². The first-order valence-electron chi connectivity index (χ1n) is 8.21. The number of anilines is 1. The van der Waals surface area contributed by atoms with Crippen molar-refractivity contribution in [3.63, 3.8) is 0 Å². The van der Waals surface area contributed by atoms with E-state index in [2.05, 4.69) is 37.3 Å². The van der Waals surface area contributed by atoms with Gasteiger partial charge in [0.1, 0.15) is 11.3 Å². The van der Waals surface area contributed by atoms with Crippen LogP contribution in [0.1, 0.15) is 12.5 Å². The Morgan fingerprint density at radius 3 is 2.80 bits per heavy atom. The van der Waals surface area contributed by atoms with Gasteiger partial charge in [0.25, 0.3) is 0 Å². The number of rotatable bonds is 6. The first-order chi connectivity index (χ1) is 12.1. The molecule has 0 aliphatic carbocycles. The summed E-state index contributed by atoms with van der Waals surface area (Å²) >= 11 is 2.86.